The number of thioether (sulfide) groups is 1. The first-order valence-electron chi connectivity index (χ1n) is 4.89. The van der Waals surface area contributed by atoms with E-state index in [1.54, 1.807) is 11.8 Å². The Morgan fingerprint density at radius 3 is 2.80 bits per heavy atom. The van der Waals surface area contributed by atoms with Crippen molar-refractivity contribution >= 4 is 17.8 Å². The number of fused-ring (bicyclic) bond motifs is 1. The maximum absolute atomic E-state index is 3.06. The van der Waals surface area contributed by atoms with Crippen molar-refractivity contribution in [1.82, 2.24) is 5.32 Å². The predicted octanol–water partition coefficient (Wildman–Crippen LogP) is 3.42. The van der Waals surface area contributed by atoms with Crippen molar-refractivity contribution in [1.29, 1.82) is 0 Å². The molecule has 1 aromatic carbocycles. The minimum Gasteiger partial charge on any atom is -0.393 e. The molecule has 0 unspecified atom stereocenters. The Labute approximate surface area is 94.6 Å². The zero-order chi connectivity index (χ0) is 10.5. The summed E-state index contributed by atoms with van der Waals surface area (Å²) in [6, 6.07) is 8.42. The number of allylic oxidation sites excluding steroid dienone is 3. The van der Waals surface area contributed by atoms with Crippen molar-refractivity contribution < 1.29 is 0 Å². The molecule has 0 radical (unpaired) electrons. The van der Waals surface area contributed by atoms with Crippen LogP contribution in [0.1, 0.15) is 5.56 Å². The quantitative estimate of drug-likeness (QED) is 0.770. The van der Waals surface area contributed by atoms with E-state index in [1.807, 2.05) is 13.2 Å². The Hall–Kier alpha value is -1.41. The van der Waals surface area contributed by atoms with Crippen LogP contribution in [0.3, 0.4) is 0 Å². The average Bonchev–Trinajstić information content (AvgIpc) is 2.22. The van der Waals surface area contributed by atoms with Gasteiger partial charge < -0.3 is 5.32 Å². The summed E-state index contributed by atoms with van der Waals surface area (Å²) < 4.78 is 0. The van der Waals surface area contributed by atoms with Gasteiger partial charge in [0.2, 0.25) is 0 Å². The summed E-state index contributed by atoms with van der Waals surface area (Å²) in [4.78, 5) is 2.51. The first-order valence-corrected chi connectivity index (χ1v) is 5.71. The van der Waals surface area contributed by atoms with Gasteiger partial charge in [0.1, 0.15) is 0 Å². The molecule has 0 amide bonds. The largest absolute Gasteiger partial charge is 0.393 e. The molecule has 0 spiro atoms. The molecule has 0 atom stereocenters. The highest BCUT2D eigenvalue weighted by Gasteiger charge is 2.03. The molecule has 1 aliphatic rings. The molecule has 2 heteroatoms. The lowest BCUT2D eigenvalue weighted by molar-refractivity contribution is 1.10. The van der Waals surface area contributed by atoms with Gasteiger partial charge in [0.05, 0.1) is 0 Å². The van der Waals surface area contributed by atoms with Gasteiger partial charge in [0.15, 0.2) is 0 Å². The molecular formula is C13H13NS. The van der Waals surface area contributed by atoms with Crippen molar-refractivity contribution in [3.63, 3.8) is 0 Å². The molecule has 0 aliphatic carbocycles. The molecule has 0 saturated carbocycles. The predicted molar refractivity (Wildman–Crippen MR) is 67.6 cm³/mol. The van der Waals surface area contributed by atoms with Crippen molar-refractivity contribution in [2.45, 2.75) is 4.90 Å². The van der Waals surface area contributed by atoms with Crippen LogP contribution in [0.5, 0.6) is 0 Å². The first-order chi connectivity index (χ1) is 7.40. The van der Waals surface area contributed by atoms with Crippen LogP contribution in [0, 0.1) is 0 Å². The van der Waals surface area contributed by atoms with Crippen molar-refractivity contribution in [2.75, 3.05) is 7.05 Å². The Kier molecular flexibility index (Phi) is 3.30. The lowest BCUT2D eigenvalue weighted by Gasteiger charge is -2.08. The molecule has 0 aromatic heterocycles. The minimum absolute atomic E-state index is 1.22. The van der Waals surface area contributed by atoms with Crippen LogP contribution < -0.4 is 5.32 Å². The molecule has 1 heterocycles. The number of benzene rings is 1. The zero-order valence-electron chi connectivity index (χ0n) is 8.60. The maximum Gasteiger partial charge on any atom is 0.0279 e. The van der Waals surface area contributed by atoms with Crippen LogP contribution in [0.15, 0.2) is 58.5 Å². The Bertz CT molecular complexity index is 430. The minimum atomic E-state index is 1.22. The highest BCUT2D eigenvalue weighted by atomic mass is 32.2. The van der Waals surface area contributed by atoms with Gasteiger partial charge in [0.25, 0.3) is 0 Å². The summed E-state index contributed by atoms with van der Waals surface area (Å²) in [7, 11) is 1.92. The summed E-state index contributed by atoms with van der Waals surface area (Å²) >= 11 is 1.78. The number of hydrogen-bond donors (Lipinski definition) is 1. The van der Waals surface area contributed by atoms with Crippen LogP contribution in [0.2, 0.25) is 0 Å². The van der Waals surface area contributed by atoms with Crippen molar-refractivity contribution in [2.24, 2.45) is 0 Å². The molecule has 1 nitrogen and oxygen atoms in total. The smallest absolute Gasteiger partial charge is 0.0279 e. The van der Waals surface area contributed by atoms with Crippen LogP contribution in [0.25, 0.3) is 6.08 Å². The van der Waals surface area contributed by atoms with Crippen LogP contribution in [-0.2, 0) is 0 Å². The topological polar surface area (TPSA) is 12.0 Å². The SMILES string of the molecule is CN/C=C1/C=C\C=C/c2ccccc2S1. The van der Waals surface area contributed by atoms with Gasteiger partial charge in [-0.15, -0.1) is 0 Å². The molecule has 1 aliphatic heterocycles. The highest BCUT2D eigenvalue weighted by Crippen LogP contribution is 2.31. The van der Waals surface area contributed by atoms with Gasteiger partial charge in [-0.05, 0) is 17.7 Å². The third-order valence-electron chi connectivity index (χ3n) is 2.08. The molecule has 2 rings (SSSR count). The summed E-state index contributed by atoms with van der Waals surface area (Å²) in [6.07, 6.45) is 10.4. The van der Waals surface area contributed by atoms with Gasteiger partial charge in [-0.25, -0.2) is 0 Å². The highest BCUT2D eigenvalue weighted by molar-refractivity contribution is 8.03. The van der Waals surface area contributed by atoms with E-state index in [9.17, 15) is 0 Å². The van der Waals surface area contributed by atoms with E-state index >= 15 is 0 Å². The lowest BCUT2D eigenvalue weighted by Crippen LogP contribution is -1.94. The van der Waals surface area contributed by atoms with Gasteiger partial charge in [-0.1, -0.05) is 48.2 Å². The third kappa shape index (κ3) is 2.54. The normalized spacial score (nSPS) is 21.3. The molecular weight excluding hydrogens is 202 g/mol. The van der Waals surface area contributed by atoms with Gasteiger partial charge in [-0.3, -0.25) is 0 Å². The fourth-order valence-electron chi connectivity index (χ4n) is 1.40. The third-order valence-corrected chi connectivity index (χ3v) is 3.16. The Morgan fingerprint density at radius 1 is 1.13 bits per heavy atom. The average molecular weight is 215 g/mol. The molecule has 76 valence electrons. The van der Waals surface area contributed by atoms with Gasteiger partial charge >= 0.3 is 0 Å². The second-order valence-corrected chi connectivity index (χ2v) is 4.31. The Balaban J connectivity index is 2.40. The van der Waals surface area contributed by atoms with E-state index in [2.05, 4.69) is 53.9 Å². The summed E-state index contributed by atoms with van der Waals surface area (Å²) in [5, 5.41) is 3.06. The summed E-state index contributed by atoms with van der Waals surface area (Å²) in [5.74, 6) is 0. The maximum atomic E-state index is 3.06. The number of rotatable bonds is 1. The monoisotopic (exact) mass is 215 g/mol. The van der Waals surface area contributed by atoms with E-state index < -0.39 is 0 Å². The van der Waals surface area contributed by atoms with E-state index in [-0.39, 0.29) is 0 Å². The molecule has 0 saturated heterocycles. The van der Waals surface area contributed by atoms with Crippen LogP contribution in [0.4, 0.5) is 0 Å². The van der Waals surface area contributed by atoms with Gasteiger partial charge in [0, 0.05) is 23.0 Å². The van der Waals surface area contributed by atoms with Crippen molar-refractivity contribution in [3.05, 3.63) is 59.2 Å². The second kappa shape index (κ2) is 4.89. The summed E-state index contributed by atoms with van der Waals surface area (Å²) in [5.41, 5.74) is 1.27. The molecule has 1 aromatic rings. The van der Waals surface area contributed by atoms with Crippen LogP contribution >= 0.6 is 11.8 Å². The Morgan fingerprint density at radius 2 is 1.93 bits per heavy atom. The van der Waals surface area contributed by atoms with Crippen molar-refractivity contribution in [3.8, 4) is 0 Å². The van der Waals surface area contributed by atoms with E-state index in [0.29, 0.717) is 0 Å². The van der Waals surface area contributed by atoms with E-state index in [4.69, 9.17) is 0 Å². The molecule has 0 fully saturated rings. The van der Waals surface area contributed by atoms with E-state index in [1.165, 1.54) is 15.4 Å². The molecule has 1 N–H and O–H groups in total. The lowest BCUT2D eigenvalue weighted by atomic mass is 10.2. The van der Waals surface area contributed by atoms with Gasteiger partial charge in [-0.2, -0.15) is 0 Å². The fraction of sp³-hybridized carbons (Fsp3) is 0.0769. The first kappa shape index (κ1) is 10.1. The number of hydrogen-bond acceptors (Lipinski definition) is 2. The summed E-state index contributed by atoms with van der Waals surface area (Å²) in [6.45, 7) is 0. The number of nitrogens with one attached hydrogen (secondary N) is 1. The fourth-order valence-corrected chi connectivity index (χ4v) is 2.38. The van der Waals surface area contributed by atoms with Crippen LogP contribution in [-0.4, -0.2) is 7.05 Å². The zero-order valence-corrected chi connectivity index (χ0v) is 9.42. The second-order valence-electron chi connectivity index (χ2n) is 3.19. The molecule has 15 heavy (non-hydrogen) atoms. The molecule has 0 bridgehead atoms. The standard InChI is InChI=1S/C13H13NS/c1-14-10-12-8-4-2-6-11-7-3-5-9-13(11)15-12/h2-10,14H,1H3/b6-2-,8-4-,12-10-. The van der Waals surface area contributed by atoms with E-state index in [0.717, 1.165) is 0 Å².